The molecule has 0 fully saturated rings. The summed E-state index contributed by atoms with van der Waals surface area (Å²) in [6.07, 6.45) is 0.131. The third-order valence-electron chi connectivity index (χ3n) is 3.16. The molecular weight excluding hydrogens is 353 g/mol. The van der Waals surface area contributed by atoms with Gasteiger partial charge in [-0.1, -0.05) is 23.2 Å². The van der Waals surface area contributed by atoms with Gasteiger partial charge in [-0.15, -0.1) is 11.3 Å². The molecule has 0 spiro atoms. The second kappa shape index (κ2) is 5.28. The lowest BCUT2D eigenvalue weighted by atomic mass is 10.0. The number of carbonyl (C=O) groups is 1. The Morgan fingerprint density at radius 2 is 1.90 bits per heavy atom. The number of anilines is 1. The Bertz CT molecular complexity index is 830. The summed E-state index contributed by atoms with van der Waals surface area (Å²) in [7, 11) is -3.72. The van der Waals surface area contributed by atoms with Gasteiger partial charge in [-0.05, 0) is 30.3 Å². The van der Waals surface area contributed by atoms with Gasteiger partial charge in [-0.25, -0.2) is 8.42 Å². The Balaban J connectivity index is 2.13. The van der Waals surface area contributed by atoms with Gasteiger partial charge in [-0.3, -0.25) is 9.10 Å². The maximum Gasteiger partial charge on any atom is 0.273 e. The van der Waals surface area contributed by atoms with E-state index in [1.54, 1.807) is 12.1 Å². The number of rotatable bonds is 2. The number of hydrogen-bond donors (Lipinski definition) is 0. The number of thiophene rings is 1. The van der Waals surface area contributed by atoms with Crippen molar-refractivity contribution in [3.63, 3.8) is 0 Å². The van der Waals surface area contributed by atoms with Crippen molar-refractivity contribution in [3.8, 4) is 0 Å². The first kappa shape index (κ1) is 14.8. The van der Waals surface area contributed by atoms with Crippen molar-refractivity contribution >= 4 is 56.0 Å². The molecule has 0 aliphatic carbocycles. The van der Waals surface area contributed by atoms with Crippen molar-refractivity contribution in [2.45, 2.75) is 10.6 Å². The van der Waals surface area contributed by atoms with E-state index in [1.807, 2.05) is 0 Å². The van der Waals surface area contributed by atoms with Crippen LogP contribution in [0.4, 0.5) is 5.69 Å². The maximum absolute atomic E-state index is 12.7. The zero-order valence-electron chi connectivity index (χ0n) is 10.5. The third-order valence-corrected chi connectivity index (χ3v) is 6.91. The van der Waals surface area contributed by atoms with Crippen LogP contribution >= 0.6 is 34.5 Å². The molecule has 0 amide bonds. The fourth-order valence-corrected chi connectivity index (χ4v) is 5.46. The number of nitrogens with zero attached hydrogens (tertiary/aromatic N) is 1. The lowest BCUT2D eigenvalue weighted by Gasteiger charge is -2.29. The minimum absolute atomic E-state index is 0.108. The van der Waals surface area contributed by atoms with E-state index in [9.17, 15) is 13.2 Å². The summed E-state index contributed by atoms with van der Waals surface area (Å²) >= 11 is 12.7. The summed E-state index contributed by atoms with van der Waals surface area (Å²) in [5.41, 5.74) is 0.695. The van der Waals surface area contributed by atoms with E-state index in [0.717, 1.165) is 11.3 Å². The van der Waals surface area contributed by atoms with Crippen molar-refractivity contribution in [2.75, 3.05) is 10.8 Å². The molecule has 4 nitrogen and oxygen atoms in total. The molecule has 2 heterocycles. The van der Waals surface area contributed by atoms with E-state index < -0.39 is 10.0 Å². The van der Waals surface area contributed by atoms with Gasteiger partial charge in [0, 0.05) is 23.6 Å². The summed E-state index contributed by atoms with van der Waals surface area (Å²) in [5, 5.41) is 0.403. The molecule has 0 saturated heterocycles. The van der Waals surface area contributed by atoms with Crippen LogP contribution in [0, 0.1) is 0 Å². The SMILES string of the molecule is O=C1CCN(S(=O)(=O)c2ccc(Cl)s2)c2ccc(Cl)cc21. The van der Waals surface area contributed by atoms with E-state index in [0.29, 0.717) is 20.6 Å². The first-order valence-corrected chi connectivity index (χ1v) is 9.01. The first-order valence-electron chi connectivity index (χ1n) is 6.00. The Kier molecular flexibility index (Phi) is 3.73. The Morgan fingerprint density at radius 3 is 2.57 bits per heavy atom. The zero-order chi connectivity index (χ0) is 15.2. The minimum Gasteiger partial charge on any atom is -0.294 e. The van der Waals surface area contributed by atoms with Gasteiger partial charge in [0.05, 0.1) is 10.0 Å². The van der Waals surface area contributed by atoms with Crippen molar-refractivity contribution in [2.24, 2.45) is 0 Å². The molecule has 0 radical (unpaired) electrons. The predicted molar refractivity (Wildman–Crippen MR) is 84.3 cm³/mol. The second-order valence-corrected chi connectivity index (χ2v) is 8.71. The topological polar surface area (TPSA) is 54.5 Å². The van der Waals surface area contributed by atoms with Crippen molar-refractivity contribution in [3.05, 3.63) is 45.3 Å². The van der Waals surface area contributed by atoms with Crippen LogP contribution in [0.5, 0.6) is 0 Å². The molecule has 1 aliphatic heterocycles. The molecule has 0 atom stereocenters. The van der Waals surface area contributed by atoms with Gasteiger partial charge in [0.1, 0.15) is 4.21 Å². The third kappa shape index (κ3) is 2.57. The highest BCUT2D eigenvalue weighted by molar-refractivity contribution is 7.94. The van der Waals surface area contributed by atoms with Crippen molar-refractivity contribution in [1.82, 2.24) is 0 Å². The van der Waals surface area contributed by atoms with E-state index >= 15 is 0 Å². The Morgan fingerprint density at radius 1 is 1.14 bits per heavy atom. The number of sulfonamides is 1. The van der Waals surface area contributed by atoms with E-state index in [4.69, 9.17) is 23.2 Å². The quantitative estimate of drug-likeness (QED) is 0.816. The number of fused-ring (bicyclic) bond motifs is 1. The van der Waals surface area contributed by atoms with Crippen LogP contribution in [-0.2, 0) is 10.0 Å². The Hall–Kier alpha value is -1.08. The molecule has 0 saturated carbocycles. The number of halogens is 2. The summed E-state index contributed by atoms with van der Waals surface area (Å²) in [6, 6.07) is 7.64. The highest BCUT2D eigenvalue weighted by Gasteiger charge is 2.33. The summed E-state index contributed by atoms with van der Waals surface area (Å²) in [4.78, 5) is 12.0. The van der Waals surface area contributed by atoms with Gasteiger partial charge >= 0.3 is 0 Å². The fraction of sp³-hybridized carbons (Fsp3) is 0.154. The van der Waals surface area contributed by atoms with Crippen LogP contribution in [0.2, 0.25) is 9.36 Å². The van der Waals surface area contributed by atoms with E-state index in [2.05, 4.69) is 0 Å². The second-order valence-electron chi connectivity index (χ2n) is 4.47. The number of hydrogen-bond acceptors (Lipinski definition) is 4. The molecule has 8 heteroatoms. The molecule has 0 N–H and O–H groups in total. The molecular formula is C13H9Cl2NO3S2. The smallest absolute Gasteiger partial charge is 0.273 e. The van der Waals surface area contributed by atoms with E-state index in [-0.39, 0.29) is 23.0 Å². The van der Waals surface area contributed by atoms with Gasteiger partial charge in [0.15, 0.2) is 5.78 Å². The van der Waals surface area contributed by atoms with Crippen LogP contribution in [0.15, 0.2) is 34.5 Å². The molecule has 3 rings (SSSR count). The monoisotopic (exact) mass is 361 g/mol. The highest BCUT2D eigenvalue weighted by atomic mass is 35.5. The molecule has 21 heavy (non-hydrogen) atoms. The highest BCUT2D eigenvalue weighted by Crippen LogP contribution is 2.36. The number of carbonyl (C=O) groups excluding carboxylic acids is 1. The van der Waals surface area contributed by atoms with Crippen molar-refractivity contribution in [1.29, 1.82) is 0 Å². The lowest BCUT2D eigenvalue weighted by molar-refractivity contribution is 0.0982. The molecule has 1 aromatic heterocycles. The lowest BCUT2D eigenvalue weighted by Crippen LogP contribution is -2.37. The average Bonchev–Trinajstić information content (AvgIpc) is 2.87. The number of ketones is 1. The van der Waals surface area contributed by atoms with Crippen LogP contribution in [0.3, 0.4) is 0 Å². The molecule has 1 aliphatic rings. The predicted octanol–water partition coefficient (Wildman–Crippen LogP) is 3.84. The average molecular weight is 362 g/mol. The minimum atomic E-state index is -3.72. The summed E-state index contributed by atoms with van der Waals surface area (Å²) in [6.45, 7) is 0.116. The van der Waals surface area contributed by atoms with Crippen molar-refractivity contribution < 1.29 is 13.2 Å². The Labute approximate surface area is 136 Å². The normalized spacial score (nSPS) is 15.1. The molecule has 0 bridgehead atoms. The first-order chi connectivity index (χ1) is 9.89. The van der Waals surface area contributed by atoms with Gasteiger partial charge in [0.25, 0.3) is 10.0 Å². The molecule has 110 valence electrons. The zero-order valence-corrected chi connectivity index (χ0v) is 13.7. The van der Waals surface area contributed by atoms with Crippen LogP contribution in [0.25, 0.3) is 0 Å². The van der Waals surface area contributed by atoms with Gasteiger partial charge in [0.2, 0.25) is 0 Å². The fourth-order valence-electron chi connectivity index (χ4n) is 2.20. The van der Waals surface area contributed by atoms with Crippen LogP contribution in [0.1, 0.15) is 16.8 Å². The summed E-state index contributed by atoms with van der Waals surface area (Å²) < 4.78 is 27.2. The van der Waals surface area contributed by atoms with Gasteiger partial charge in [-0.2, -0.15) is 0 Å². The van der Waals surface area contributed by atoms with Gasteiger partial charge < -0.3 is 0 Å². The van der Waals surface area contributed by atoms with Crippen LogP contribution in [-0.4, -0.2) is 20.7 Å². The van der Waals surface area contributed by atoms with E-state index in [1.165, 1.54) is 22.5 Å². The summed E-state index contributed by atoms with van der Waals surface area (Å²) in [5.74, 6) is -0.108. The van der Waals surface area contributed by atoms with Crippen LogP contribution < -0.4 is 4.31 Å². The molecule has 1 aromatic carbocycles. The largest absolute Gasteiger partial charge is 0.294 e. The molecule has 2 aromatic rings. The standard InChI is InChI=1S/C13H9Cl2NO3S2/c14-8-1-2-10-9(7-8)11(17)5-6-16(10)21(18,19)13-4-3-12(15)20-13/h1-4,7H,5-6H2. The number of benzene rings is 1. The maximum atomic E-state index is 12.7. The number of Topliss-reactive ketones (excluding diaryl/α,β-unsaturated/α-hetero) is 1. The molecule has 0 unspecified atom stereocenters.